The molecule has 0 N–H and O–H groups in total. The van der Waals surface area contributed by atoms with Crippen molar-refractivity contribution in [3.05, 3.63) is 38.9 Å². The Hall–Kier alpha value is -1.66. The van der Waals surface area contributed by atoms with E-state index in [9.17, 15) is 14.9 Å². The van der Waals surface area contributed by atoms with Crippen LogP contribution in [0.15, 0.2) is 18.2 Å². The molecule has 0 spiro atoms. The van der Waals surface area contributed by atoms with Crippen LogP contribution in [0, 0.1) is 10.1 Å². The molecule has 2 atom stereocenters. The van der Waals surface area contributed by atoms with Crippen molar-refractivity contribution < 1.29 is 19.2 Å². The maximum absolute atomic E-state index is 12.2. The number of nitro benzene ring substituents is 1. The van der Waals surface area contributed by atoms with Gasteiger partial charge < -0.3 is 9.47 Å². The standard InChI is InChI=1S/C14H16ClNO5/c1-20-9-4-2-5-10(8-9)21-14(17)11-6-3-7-12(15)13(11)16(18)19/h3,6-7,9-10H,2,4-5,8H2,1H3. The summed E-state index contributed by atoms with van der Waals surface area (Å²) in [5, 5.41) is 11.0. The molecule has 7 heteroatoms. The fraction of sp³-hybridized carbons (Fsp3) is 0.500. The molecule has 21 heavy (non-hydrogen) atoms. The minimum absolute atomic E-state index is 0.0610. The summed E-state index contributed by atoms with van der Waals surface area (Å²) in [6.45, 7) is 0. The lowest BCUT2D eigenvalue weighted by atomic mass is 9.95. The van der Waals surface area contributed by atoms with Crippen LogP contribution in [-0.2, 0) is 9.47 Å². The fourth-order valence-electron chi connectivity index (χ4n) is 2.50. The van der Waals surface area contributed by atoms with Crippen LogP contribution >= 0.6 is 11.6 Å². The van der Waals surface area contributed by atoms with E-state index in [-0.39, 0.29) is 22.8 Å². The molecule has 1 aromatic carbocycles. The van der Waals surface area contributed by atoms with Crippen LogP contribution in [0.3, 0.4) is 0 Å². The first-order valence-corrected chi connectivity index (χ1v) is 7.07. The molecule has 114 valence electrons. The lowest BCUT2D eigenvalue weighted by Crippen LogP contribution is -2.29. The summed E-state index contributed by atoms with van der Waals surface area (Å²) in [5.41, 5.74) is -0.532. The second kappa shape index (κ2) is 6.87. The minimum Gasteiger partial charge on any atom is -0.458 e. The van der Waals surface area contributed by atoms with E-state index in [4.69, 9.17) is 21.1 Å². The first-order valence-electron chi connectivity index (χ1n) is 6.69. The Kier molecular flexibility index (Phi) is 5.14. The average molecular weight is 314 g/mol. The highest BCUT2D eigenvalue weighted by Gasteiger charge is 2.29. The molecular formula is C14H16ClNO5. The number of methoxy groups -OCH3 is 1. The van der Waals surface area contributed by atoms with Gasteiger partial charge in [0.25, 0.3) is 0 Å². The molecule has 1 aliphatic rings. The molecule has 0 aliphatic heterocycles. The Labute approximate surface area is 127 Å². The molecule has 1 aromatic rings. The number of rotatable bonds is 4. The molecule has 0 saturated heterocycles. The van der Waals surface area contributed by atoms with Gasteiger partial charge in [0.15, 0.2) is 0 Å². The average Bonchev–Trinajstić information content (AvgIpc) is 2.46. The molecular weight excluding hydrogens is 298 g/mol. The Balaban J connectivity index is 2.14. The van der Waals surface area contributed by atoms with Gasteiger partial charge in [-0.05, 0) is 31.4 Å². The van der Waals surface area contributed by atoms with Crippen molar-refractivity contribution in [1.29, 1.82) is 0 Å². The number of carbonyl (C=O) groups excluding carboxylic acids is 1. The summed E-state index contributed by atoms with van der Waals surface area (Å²) in [4.78, 5) is 22.5. The van der Waals surface area contributed by atoms with E-state index in [1.165, 1.54) is 18.2 Å². The van der Waals surface area contributed by atoms with Crippen LogP contribution in [0.25, 0.3) is 0 Å². The number of hydrogen-bond acceptors (Lipinski definition) is 5. The van der Waals surface area contributed by atoms with E-state index in [2.05, 4.69) is 0 Å². The second-order valence-corrected chi connectivity index (χ2v) is 5.35. The number of ether oxygens (including phenoxy) is 2. The maximum Gasteiger partial charge on any atom is 0.345 e. The van der Waals surface area contributed by atoms with E-state index in [0.717, 1.165) is 19.3 Å². The van der Waals surface area contributed by atoms with Gasteiger partial charge in [0.1, 0.15) is 16.7 Å². The number of nitrogens with zero attached hydrogens (tertiary/aromatic N) is 1. The molecule has 0 radical (unpaired) electrons. The van der Waals surface area contributed by atoms with Crippen molar-refractivity contribution in [2.24, 2.45) is 0 Å². The highest BCUT2D eigenvalue weighted by molar-refractivity contribution is 6.33. The summed E-state index contributed by atoms with van der Waals surface area (Å²) >= 11 is 5.79. The Morgan fingerprint density at radius 2 is 2.10 bits per heavy atom. The van der Waals surface area contributed by atoms with Crippen molar-refractivity contribution in [2.75, 3.05) is 7.11 Å². The zero-order valence-corrected chi connectivity index (χ0v) is 12.3. The number of hydrogen-bond donors (Lipinski definition) is 0. The number of benzene rings is 1. The lowest BCUT2D eigenvalue weighted by Gasteiger charge is -2.27. The summed E-state index contributed by atoms with van der Waals surface area (Å²) in [6, 6.07) is 4.21. The SMILES string of the molecule is COC1CCCC(OC(=O)c2cccc(Cl)c2[N+](=O)[O-])C1. The van der Waals surface area contributed by atoms with Gasteiger partial charge in [0.2, 0.25) is 0 Å². The molecule has 6 nitrogen and oxygen atoms in total. The van der Waals surface area contributed by atoms with Crippen molar-refractivity contribution in [1.82, 2.24) is 0 Å². The zero-order valence-electron chi connectivity index (χ0n) is 11.6. The number of carbonyl (C=O) groups is 1. The molecule has 2 rings (SSSR count). The number of esters is 1. The van der Waals surface area contributed by atoms with Crippen molar-refractivity contribution in [3.8, 4) is 0 Å². The summed E-state index contributed by atoms with van der Waals surface area (Å²) in [5.74, 6) is -0.717. The Bertz CT molecular complexity index is 548. The summed E-state index contributed by atoms with van der Waals surface area (Å²) < 4.78 is 10.6. The lowest BCUT2D eigenvalue weighted by molar-refractivity contribution is -0.385. The second-order valence-electron chi connectivity index (χ2n) is 4.94. The largest absolute Gasteiger partial charge is 0.458 e. The zero-order chi connectivity index (χ0) is 15.4. The van der Waals surface area contributed by atoms with Gasteiger partial charge in [0.05, 0.1) is 11.0 Å². The van der Waals surface area contributed by atoms with Gasteiger partial charge in [0, 0.05) is 13.5 Å². The molecule has 2 unspecified atom stereocenters. The summed E-state index contributed by atoms with van der Waals surface area (Å²) in [6.07, 6.45) is 2.95. The molecule has 1 aliphatic carbocycles. The third kappa shape index (κ3) is 3.71. The monoisotopic (exact) mass is 313 g/mol. The molecule has 0 bridgehead atoms. The number of nitro groups is 1. The predicted octanol–water partition coefficient (Wildman–Crippen LogP) is 3.36. The molecule has 0 heterocycles. The highest BCUT2D eigenvalue weighted by atomic mass is 35.5. The van der Waals surface area contributed by atoms with Gasteiger partial charge in [-0.2, -0.15) is 0 Å². The third-order valence-electron chi connectivity index (χ3n) is 3.57. The fourth-order valence-corrected chi connectivity index (χ4v) is 2.75. The Morgan fingerprint density at radius 3 is 2.76 bits per heavy atom. The smallest absolute Gasteiger partial charge is 0.345 e. The van der Waals surface area contributed by atoms with Gasteiger partial charge in [-0.1, -0.05) is 17.7 Å². The van der Waals surface area contributed by atoms with Crippen LogP contribution in [0.1, 0.15) is 36.0 Å². The van der Waals surface area contributed by atoms with Crippen LogP contribution < -0.4 is 0 Å². The van der Waals surface area contributed by atoms with Gasteiger partial charge in [-0.15, -0.1) is 0 Å². The molecule has 0 amide bonds. The molecule has 1 saturated carbocycles. The molecule has 1 fully saturated rings. The maximum atomic E-state index is 12.2. The number of halogens is 1. The predicted molar refractivity (Wildman–Crippen MR) is 76.6 cm³/mol. The van der Waals surface area contributed by atoms with Gasteiger partial charge >= 0.3 is 11.7 Å². The normalized spacial score (nSPS) is 21.8. The quantitative estimate of drug-likeness (QED) is 0.484. The van der Waals surface area contributed by atoms with E-state index >= 15 is 0 Å². The van der Waals surface area contributed by atoms with Crippen molar-refractivity contribution >= 4 is 23.3 Å². The van der Waals surface area contributed by atoms with E-state index < -0.39 is 16.6 Å². The van der Waals surface area contributed by atoms with E-state index in [0.29, 0.717) is 6.42 Å². The van der Waals surface area contributed by atoms with Crippen LogP contribution in [-0.4, -0.2) is 30.2 Å². The van der Waals surface area contributed by atoms with Crippen LogP contribution in [0.4, 0.5) is 5.69 Å². The number of para-hydroxylation sites is 1. The van der Waals surface area contributed by atoms with Crippen molar-refractivity contribution in [2.45, 2.75) is 37.9 Å². The van der Waals surface area contributed by atoms with Crippen LogP contribution in [0.5, 0.6) is 0 Å². The highest BCUT2D eigenvalue weighted by Crippen LogP contribution is 2.30. The minimum atomic E-state index is -0.717. The van der Waals surface area contributed by atoms with Crippen molar-refractivity contribution in [3.63, 3.8) is 0 Å². The first kappa shape index (κ1) is 15.7. The summed E-state index contributed by atoms with van der Waals surface area (Å²) in [7, 11) is 1.62. The third-order valence-corrected chi connectivity index (χ3v) is 3.88. The topological polar surface area (TPSA) is 78.7 Å². The van der Waals surface area contributed by atoms with Crippen LogP contribution in [0.2, 0.25) is 5.02 Å². The van der Waals surface area contributed by atoms with E-state index in [1.54, 1.807) is 7.11 Å². The first-order chi connectivity index (χ1) is 10.0. The Morgan fingerprint density at radius 1 is 1.38 bits per heavy atom. The van der Waals surface area contributed by atoms with Gasteiger partial charge in [-0.25, -0.2) is 4.79 Å². The van der Waals surface area contributed by atoms with Gasteiger partial charge in [-0.3, -0.25) is 10.1 Å². The van der Waals surface area contributed by atoms with E-state index in [1.807, 2.05) is 0 Å². The molecule has 0 aromatic heterocycles.